The molecule has 1 aliphatic carbocycles. The largest absolute Gasteiger partial charge is 0.455 e. The van der Waals surface area contributed by atoms with Crippen LogP contribution >= 0.6 is 0 Å². The average Bonchev–Trinajstić information content (AvgIpc) is 3.68. The third kappa shape index (κ3) is 4.21. The van der Waals surface area contributed by atoms with Crippen molar-refractivity contribution in [1.82, 2.24) is 15.0 Å². The highest BCUT2D eigenvalue weighted by Gasteiger charge is 2.40. The number of aromatic nitrogens is 3. The molecule has 0 saturated carbocycles. The Labute approximate surface area is 289 Å². The fourth-order valence-corrected chi connectivity index (χ4v) is 8.00. The minimum Gasteiger partial charge on any atom is -0.455 e. The van der Waals surface area contributed by atoms with Crippen molar-refractivity contribution in [3.63, 3.8) is 0 Å². The van der Waals surface area contributed by atoms with Crippen LogP contribution < -0.4 is 0 Å². The smallest absolute Gasteiger partial charge is 0.164 e. The molecule has 4 nitrogen and oxygen atoms in total. The Morgan fingerprint density at radius 3 is 1.62 bits per heavy atom. The van der Waals surface area contributed by atoms with Crippen molar-refractivity contribution in [1.29, 1.82) is 0 Å². The third-order valence-electron chi connectivity index (χ3n) is 10.3. The SMILES string of the molecule is CC1(C)c2ccccc2-c2c1c1c(oc3cccc(-c4ccc(-c5nc(-c6ccccc6)nc(-c6ccccc6)n5)cc4)c31)c1ccccc21. The van der Waals surface area contributed by atoms with Crippen LogP contribution in [-0.4, -0.2) is 15.0 Å². The van der Waals surface area contributed by atoms with Crippen molar-refractivity contribution in [3.8, 4) is 56.4 Å². The lowest BCUT2D eigenvalue weighted by atomic mass is 9.79. The van der Waals surface area contributed by atoms with E-state index < -0.39 is 0 Å². The molecule has 0 bridgehead atoms. The van der Waals surface area contributed by atoms with Gasteiger partial charge in [-0.1, -0.05) is 159 Å². The van der Waals surface area contributed by atoms with Gasteiger partial charge in [0.05, 0.1) is 0 Å². The standard InChI is InChI=1S/C46H31N3O/c1-46(2)36-22-12-11-20-35(36)38-33-18-9-10-19-34(33)42-40(41(38)46)39-32(21-13-23-37(39)50-42)28-24-26-31(27-25-28)45-48-43(29-14-5-3-6-15-29)47-44(49-45)30-16-7-4-8-17-30/h3-27H,1-2H3. The van der Waals surface area contributed by atoms with E-state index in [2.05, 4.69) is 105 Å². The molecule has 2 heterocycles. The molecule has 10 rings (SSSR count). The average molecular weight is 642 g/mol. The highest BCUT2D eigenvalue weighted by molar-refractivity contribution is 6.25. The summed E-state index contributed by atoms with van der Waals surface area (Å²) in [7, 11) is 0. The molecule has 50 heavy (non-hydrogen) atoms. The van der Waals surface area contributed by atoms with Crippen molar-refractivity contribution in [3.05, 3.63) is 163 Å². The molecule has 0 radical (unpaired) electrons. The molecular formula is C46H31N3O. The van der Waals surface area contributed by atoms with Gasteiger partial charge >= 0.3 is 0 Å². The van der Waals surface area contributed by atoms with Gasteiger partial charge in [-0.25, -0.2) is 15.0 Å². The highest BCUT2D eigenvalue weighted by atomic mass is 16.3. The first-order valence-electron chi connectivity index (χ1n) is 17.0. The van der Waals surface area contributed by atoms with Crippen molar-refractivity contribution >= 4 is 32.7 Å². The monoisotopic (exact) mass is 641 g/mol. The molecule has 0 saturated heterocycles. The Balaban J connectivity index is 1.17. The van der Waals surface area contributed by atoms with E-state index in [1.165, 1.54) is 33.0 Å². The topological polar surface area (TPSA) is 51.8 Å². The molecule has 7 aromatic carbocycles. The van der Waals surface area contributed by atoms with Crippen LogP contribution in [0.3, 0.4) is 0 Å². The third-order valence-corrected chi connectivity index (χ3v) is 10.3. The molecule has 0 unspecified atom stereocenters. The summed E-state index contributed by atoms with van der Waals surface area (Å²) < 4.78 is 6.82. The lowest BCUT2D eigenvalue weighted by Crippen LogP contribution is -2.15. The van der Waals surface area contributed by atoms with Crippen LogP contribution in [0.15, 0.2) is 156 Å². The van der Waals surface area contributed by atoms with Crippen LogP contribution in [0.2, 0.25) is 0 Å². The van der Waals surface area contributed by atoms with Crippen LogP contribution in [0.1, 0.15) is 25.0 Å². The quantitative estimate of drug-likeness (QED) is 0.192. The number of nitrogens with zero attached hydrogens (tertiary/aromatic N) is 3. The molecule has 236 valence electrons. The summed E-state index contributed by atoms with van der Waals surface area (Å²) in [4.78, 5) is 14.8. The van der Waals surface area contributed by atoms with Gasteiger partial charge in [0, 0.05) is 38.3 Å². The summed E-state index contributed by atoms with van der Waals surface area (Å²) in [5, 5.41) is 4.73. The minimum atomic E-state index is -0.201. The molecule has 2 aromatic heterocycles. The van der Waals surface area contributed by atoms with Crippen molar-refractivity contribution < 1.29 is 4.42 Å². The second-order valence-electron chi connectivity index (χ2n) is 13.6. The predicted octanol–water partition coefficient (Wildman–Crippen LogP) is 11.9. The molecule has 0 aliphatic heterocycles. The number of fused-ring (bicyclic) bond motifs is 10. The van der Waals surface area contributed by atoms with E-state index in [1.807, 2.05) is 60.7 Å². The Bertz CT molecular complexity index is 2710. The number of furan rings is 1. The van der Waals surface area contributed by atoms with Crippen LogP contribution in [0.5, 0.6) is 0 Å². The van der Waals surface area contributed by atoms with Gasteiger partial charge in [-0.05, 0) is 44.8 Å². The molecule has 0 fully saturated rings. The molecule has 9 aromatic rings. The maximum Gasteiger partial charge on any atom is 0.164 e. The first-order chi connectivity index (χ1) is 24.6. The molecule has 0 spiro atoms. The highest BCUT2D eigenvalue weighted by Crippen LogP contribution is 2.56. The summed E-state index contributed by atoms with van der Waals surface area (Å²) in [6.07, 6.45) is 0. The lowest BCUT2D eigenvalue weighted by Gasteiger charge is -2.23. The number of hydrogen-bond donors (Lipinski definition) is 0. The normalized spacial score (nSPS) is 13.2. The van der Waals surface area contributed by atoms with Crippen LogP contribution in [-0.2, 0) is 5.41 Å². The maximum atomic E-state index is 6.82. The zero-order chi connectivity index (χ0) is 33.4. The van der Waals surface area contributed by atoms with Crippen LogP contribution in [0.4, 0.5) is 0 Å². The molecule has 4 heteroatoms. The van der Waals surface area contributed by atoms with Crippen molar-refractivity contribution in [2.24, 2.45) is 0 Å². The molecule has 1 aliphatic rings. The zero-order valence-electron chi connectivity index (χ0n) is 27.7. The lowest BCUT2D eigenvalue weighted by molar-refractivity contribution is 0.659. The minimum absolute atomic E-state index is 0.201. The Morgan fingerprint density at radius 1 is 0.440 bits per heavy atom. The van der Waals surface area contributed by atoms with E-state index in [-0.39, 0.29) is 5.41 Å². The Hall–Kier alpha value is -6.39. The van der Waals surface area contributed by atoms with E-state index >= 15 is 0 Å². The summed E-state index contributed by atoms with van der Waals surface area (Å²) in [5.41, 5.74) is 12.0. The van der Waals surface area contributed by atoms with Crippen molar-refractivity contribution in [2.75, 3.05) is 0 Å². The van der Waals surface area contributed by atoms with Gasteiger partial charge in [-0.15, -0.1) is 0 Å². The Kier molecular flexibility index (Phi) is 6.19. The van der Waals surface area contributed by atoms with Gasteiger partial charge in [0.25, 0.3) is 0 Å². The van der Waals surface area contributed by atoms with Gasteiger partial charge in [0.1, 0.15) is 11.2 Å². The van der Waals surface area contributed by atoms with E-state index in [9.17, 15) is 0 Å². The van der Waals surface area contributed by atoms with E-state index in [1.54, 1.807) is 0 Å². The fourth-order valence-electron chi connectivity index (χ4n) is 8.00. The van der Waals surface area contributed by atoms with Gasteiger partial charge in [-0.2, -0.15) is 0 Å². The number of hydrogen-bond acceptors (Lipinski definition) is 4. The first kappa shape index (κ1) is 28.6. The van der Waals surface area contributed by atoms with Crippen LogP contribution in [0, 0.1) is 0 Å². The fraction of sp³-hybridized carbons (Fsp3) is 0.0652. The second-order valence-corrected chi connectivity index (χ2v) is 13.6. The van der Waals surface area contributed by atoms with Gasteiger partial charge in [-0.3, -0.25) is 0 Å². The maximum absolute atomic E-state index is 6.82. The van der Waals surface area contributed by atoms with Crippen molar-refractivity contribution in [2.45, 2.75) is 19.3 Å². The zero-order valence-corrected chi connectivity index (χ0v) is 27.7. The van der Waals surface area contributed by atoms with Gasteiger partial charge in [0.2, 0.25) is 0 Å². The van der Waals surface area contributed by atoms with E-state index in [4.69, 9.17) is 19.4 Å². The van der Waals surface area contributed by atoms with Gasteiger partial charge < -0.3 is 4.42 Å². The molecular weight excluding hydrogens is 611 g/mol. The molecule has 0 amide bonds. The summed E-state index contributed by atoms with van der Waals surface area (Å²) in [6.45, 7) is 4.70. The van der Waals surface area contributed by atoms with E-state index in [0.29, 0.717) is 17.5 Å². The molecule has 0 atom stereocenters. The van der Waals surface area contributed by atoms with E-state index in [0.717, 1.165) is 49.8 Å². The summed E-state index contributed by atoms with van der Waals surface area (Å²) in [6, 6.07) is 52.7. The Morgan fingerprint density at radius 2 is 0.960 bits per heavy atom. The second kappa shape index (κ2) is 10.8. The predicted molar refractivity (Wildman–Crippen MR) is 204 cm³/mol. The number of benzene rings is 7. The van der Waals surface area contributed by atoms with Crippen LogP contribution in [0.25, 0.3) is 89.1 Å². The molecule has 0 N–H and O–H groups in total. The number of rotatable bonds is 4. The first-order valence-corrected chi connectivity index (χ1v) is 17.0. The summed E-state index contributed by atoms with van der Waals surface area (Å²) >= 11 is 0. The summed E-state index contributed by atoms with van der Waals surface area (Å²) in [5.74, 6) is 1.94. The van der Waals surface area contributed by atoms with Gasteiger partial charge in [0.15, 0.2) is 17.5 Å².